The second-order valence-corrected chi connectivity index (χ2v) is 6.44. The molecule has 1 N–H and O–H groups in total. The highest BCUT2D eigenvalue weighted by Crippen LogP contribution is 2.35. The number of aliphatic hydroxyl groups excluding tert-OH is 1. The van der Waals surface area contributed by atoms with Crippen molar-refractivity contribution in [3.63, 3.8) is 0 Å². The number of hydrogen-bond donors (Lipinski definition) is 1. The van der Waals surface area contributed by atoms with Gasteiger partial charge >= 0.3 is 6.18 Å². The number of carbonyl (C=O) groups is 1. The minimum absolute atomic E-state index is 0.240. The van der Waals surface area contributed by atoms with Crippen molar-refractivity contribution in [1.82, 2.24) is 4.90 Å². The lowest BCUT2D eigenvalue weighted by molar-refractivity contribution is -0.174. The van der Waals surface area contributed by atoms with E-state index in [1.54, 1.807) is 4.90 Å². The number of benzene rings is 1. The van der Waals surface area contributed by atoms with Crippen LogP contribution in [0.1, 0.15) is 41.6 Å². The van der Waals surface area contributed by atoms with Crippen molar-refractivity contribution in [3.8, 4) is 0 Å². The zero-order chi connectivity index (χ0) is 17.4. The number of aliphatic hydroxyl groups is 1. The molecule has 2 heterocycles. The summed E-state index contributed by atoms with van der Waals surface area (Å²) in [5, 5.41) is 10.2. The average Bonchev–Trinajstić information content (AvgIpc) is 2.57. The molecule has 3 rings (SSSR count). The van der Waals surface area contributed by atoms with Gasteiger partial charge in [-0.15, -0.1) is 0 Å². The number of rotatable bonds is 1. The fraction of sp³-hybridized carbons (Fsp3) is 0.588. The molecule has 0 aromatic heterocycles. The van der Waals surface area contributed by atoms with E-state index in [-0.39, 0.29) is 11.5 Å². The highest BCUT2D eigenvalue weighted by Gasteiger charge is 2.44. The van der Waals surface area contributed by atoms with E-state index in [4.69, 9.17) is 4.74 Å². The predicted octanol–water partition coefficient (Wildman–Crippen LogP) is 2.85. The van der Waals surface area contributed by atoms with E-state index in [9.17, 15) is 23.1 Å². The number of likely N-dealkylation sites (tertiary alicyclic amines) is 1. The van der Waals surface area contributed by atoms with Gasteiger partial charge < -0.3 is 14.7 Å². The number of alkyl halides is 3. The Morgan fingerprint density at radius 2 is 1.83 bits per heavy atom. The summed E-state index contributed by atoms with van der Waals surface area (Å²) in [6.45, 7) is 1.47. The van der Waals surface area contributed by atoms with Crippen molar-refractivity contribution >= 4 is 5.91 Å². The van der Waals surface area contributed by atoms with Gasteiger partial charge in [-0.3, -0.25) is 4.79 Å². The van der Waals surface area contributed by atoms with Crippen molar-refractivity contribution in [2.75, 3.05) is 19.7 Å². The van der Waals surface area contributed by atoms with Crippen molar-refractivity contribution in [2.24, 2.45) is 0 Å². The van der Waals surface area contributed by atoms with Crippen LogP contribution in [0.4, 0.5) is 13.2 Å². The first kappa shape index (κ1) is 17.2. The molecular weight excluding hydrogens is 323 g/mol. The highest BCUT2D eigenvalue weighted by molar-refractivity contribution is 5.94. The molecule has 0 aliphatic carbocycles. The molecular formula is C17H20F3NO3. The lowest BCUT2D eigenvalue weighted by atomic mass is 9.82. The lowest BCUT2D eigenvalue weighted by Crippen LogP contribution is -2.56. The fourth-order valence-electron chi connectivity index (χ4n) is 3.46. The van der Waals surface area contributed by atoms with Gasteiger partial charge in [0.1, 0.15) is 0 Å². The molecule has 1 amide bonds. The van der Waals surface area contributed by atoms with Crippen LogP contribution in [-0.2, 0) is 10.9 Å². The number of ether oxygens (including phenoxy) is 1. The Morgan fingerprint density at radius 1 is 1.21 bits per heavy atom. The molecule has 0 unspecified atom stereocenters. The topological polar surface area (TPSA) is 49.8 Å². The Hall–Kier alpha value is -1.60. The first-order valence-electron chi connectivity index (χ1n) is 8.10. The molecule has 2 saturated heterocycles. The predicted molar refractivity (Wildman–Crippen MR) is 80.5 cm³/mol. The summed E-state index contributed by atoms with van der Waals surface area (Å²) in [6.07, 6.45) is -2.31. The third kappa shape index (κ3) is 3.28. The number of piperidine rings is 1. The van der Waals surface area contributed by atoms with Crippen molar-refractivity contribution < 1.29 is 27.8 Å². The third-order valence-corrected chi connectivity index (χ3v) is 4.97. The summed E-state index contributed by atoms with van der Waals surface area (Å²) in [4.78, 5) is 14.1. The van der Waals surface area contributed by atoms with Crippen LogP contribution < -0.4 is 0 Å². The van der Waals surface area contributed by atoms with Crippen LogP contribution in [0.2, 0.25) is 0 Å². The summed E-state index contributed by atoms with van der Waals surface area (Å²) in [6, 6.07) is 4.27. The molecule has 2 fully saturated rings. The summed E-state index contributed by atoms with van der Waals surface area (Å²) in [7, 11) is 0. The molecule has 1 aromatic rings. The van der Waals surface area contributed by atoms with E-state index in [1.807, 2.05) is 0 Å². The monoisotopic (exact) mass is 343 g/mol. The van der Waals surface area contributed by atoms with Gasteiger partial charge in [-0.1, -0.05) is 0 Å². The molecule has 0 radical (unpaired) electrons. The summed E-state index contributed by atoms with van der Waals surface area (Å²) < 4.78 is 43.5. The van der Waals surface area contributed by atoms with Crippen molar-refractivity contribution in [3.05, 3.63) is 35.4 Å². The van der Waals surface area contributed by atoms with Crippen LogP contribution in [0.25, 0.3) is 0 Å². The number of hydrogen-bond acceptors (Lipinski definition) is 3. The highest BCUT2D eigenvalue weighted by atomic mass is 19.4. The Bertz CT molecular complexity index is 592. The normalized spacial score (nSPS) is 24.2. The molecule has 24 heavy (non-hydrogen) atoms. The second-order valence-electron chi connectivity index (χ2n) is 6.44. The van der Waals surface area contributed by atoms with E-state index in [1.165, 1.54) is 12.1 Å². The van der Waals surface area contributed by atoms with E-state index in [2.05, 4.69) is 0 Å². The Labute approximate surface area is 138 Å². The minimum Gasteiger partial charge on any atom is -0.390 e. The standard InChI is InChI=1S/C17H20F3NO3/c18-17(19,20)13-5-3-12(4-6-13)15(23)21-9-7-16(8-10-21)14(22)2-1-11-24-16/h3-6,14,22H,1-2,7-11H2/t14-/m0/s1. The SMILES string of the molecule is O=C(c1ccc(C(F)(F)F)cc1)N1CCC2(CC1)OCCC[C@@H]2O. The van der Waals surface area contributed by atoms with Gasteiger partial charge in [-0.25, -0.2) is 0 Å². The maximum absolute atomic E-state index is 12.6. The average molecular weight is 343 g/mol. The molecule has 2 aliphatic heterocycles. The maximum atomic E-state index is 12.6. The van der Waals surface area contributed by atoms with Crippen LogP contribution in [0.15, 0.2) is 24.3 Å². The largest absolute Gasteiger partial charge is 0.416 e. The van der Waals surface area contributed by atoms with Gasteiger partial charge in [0.2, 0.25) is 0 Å². The zero-order valence-electron chi connectivity index (χ0n) is 13.2. The molecule has 1 spiro atoms. The summed E-state index contributed by atoms with van der Waals surface area (Å²) >= 11 is 0. The van der Waals surface area contributed by atoms with Gasteiger partial charge in [-0.2, -0.15) is 13.2 Å². The Kier molecular flexibility index (Phi) is 4.57. The van der Waals surface area contributed by atoms with Gasteiger partial charge in [0.15, 0.2) is 0 Å². The quantitative estimate of drug-likeness (QED) is 0.853. The zero-order valence-corrected chi connectivity index (χ0v) is 13.2. The summed E-state index contributed by atoms with van der Waals surface area (Å²) in [5.74, 6) is -0.288. The molecule has 7 heteroatoms. The molecule has 4 nitrogen and oxygen atoms in total. The third-order valence-electron chi connectivity index (χ3n) is 4.97. The van der Waals surface area contributed by atoms with Crippen LogP contribution in [0.3, 0.4) is 0 Å². The second kappa shape index (κ2) is 6.37. The maximum Gasteiger partial charge on any atom is 0.416 e. The number of carbonyl (C=O) groups excluding carboxylic acids is 1. The van der Waals surface area contributed by atoms with Crippen LogP contribution >= 0.6 is 0 Å². The van der Waals surface area contributed by atoms with Gasteiger partial charge in [0.25, 0.3) is 5.91 Å². The molecule has 0 saturated carbocycles. The molecule has 132 valence electrons. The van der Waals surface area contributed by atoms with E-state index >= 15 is 0 Å². The van der Waals surface area contributed by atoms with E-state index in [0.29, 0.717) is 39.0 Å². The van der Waals surface area contributed by atoms with E-state index < -0.39 is 23.4 Å². The fourth-order valence-corrected chi connectivity index (χ4v) is 3.46. The van der Waals surface area contributed by atoms with Crippen molar-refractivity contribution in [2.45, 2.75) is 43.6 Å². The first-order valence-corrected chi connectivity index (χ1v) is 8.10. The smallest absolute Gasteiger partial charge is 0.390 e. The van der Waals surface area contributed by atoms with Gasteiger partial charge in [-0.05, 0) is 49.9 Å². The Morgan fingerprint density at radius 3 is 2.38 bits per heavy atom. The summed E-state index contributed by atoms with van der Waals surface area (Å²) in [5.41, 5.74) is -1.10. The molecule has 2 aliphatic rings. The first-order chi connectivity index (χ1) is 11.3. The van der Waals surface area contributed by atoms with E-state index in [0.717, 1.165) is 18.6 Å². The number of amides is 1. The van der Waals surface area contributed by atoms with Crippen molar-refractivity contribution in [1.29, 1.82) is 0 Å². The molecule has 0 bridgehead atoms. The van der Waals surface area contributed by atoms with Gasteiger partial charge in [0, 0.05) is 25.3 Å². The molecule has 1 aromatic carbocycles. The lowest BCUT2D eigenvalue weighted by Gasteiger charge is -2.46. The Balaban J connectivity index is 1.65. The van der Waals surface area contributed by atoms with Crippen LogP contribution in [0, 0.1) is 0 Å². The molecule has 1 atom stereocenters. The number of nitrogens with zero attached hydrogens (tertiary/aromatic N) is 1. The number of halogens is 3. The minimum atomic E-state index is -4.41. The van der Waals surface area contributed by atoms with Gasteiger partial charge in [0.05, 0.1) is 17.3 Å². The van der Waals surface area contributed by atoms with Crippen LogP contribution in [0.5, 0.6) is 0 Å². The van der Waals surface area contributed by atoms with Crippen LogP contribution in [-0.4, -0.2) is 47.3 Å².